The number of rotatable bonds is 6. The maximum Gasteiger partial charge on any atom is 0.288 e. The lowest BCUT2D eigenvalue weighted by molar-refractivity contribution is -0.116. The highest BCUT2D eigenvalue weighted by atomic mass is 32.2. The molecule has 4 bridgehead atoms. The lowest BCUT2D eigenvalue weighted by atomic mass is 9.53. The van der Waals surface area contributed by atoms with E-state index in [0.717, 1.165) is 17.8 Å². The highest BCUT2D eigenvalue weighted by Crippen LogP contribution is 2.55. The van der Waals surface area contributed by atoms with E-state index in [2.05, 4.69) is 10.6 Å². The number of carbonyl (C=O) groups excluding carboxylic acids is 1. The Morgan fingerprint density at radius 2 is 1.64 bits per heavy atom. The quantitative estimate of drug-likeness (QED) is 0.729. The zero-order chi connectivity index (χ0) is 17.4. The number of amides is 1. The Morgan fingerprint density at radius 1 is 1.08 bits per heavy atom. The highest BCUT2D eigenvalue weighted by molar-refractivity contribution is 7.99. The zero-order valence-corrected chi connectivity index (χ0v) is 15.0. The summed E-state index contributed by atoms with van der Waals surface area (Å²) in [6.07, 6.45) is 7.80. The molecule has 136 valence electrons. The van der Waals surface area contributed by atoms with Crippen molar-refractivity contribution < 1.29 is 13.6 Å². The van der Waals surface area contributed by atoms with Gasteiger partial charge in [-0.15, -0.1) is 0 Å². The normalized spacial score (nSPS) is 33.0. The molecule has 0 aromatic heterocycles. The molecule has 0 aliphatic heterocycles. The van der Waals surface area contributed by atoms with Crippen LogP contribution in [0.25, 0.3) is 0 Å². The van der Waals surface area contributed by atoms with Crippen molar-refractivity contribution in [1.29, 1.82) is 0 Å². The second-order valence-corrected chi connectivity index (χ2v) is 9.07. The molecule has 4 fully saturated rings. The highest BCUT2D eigenvalue weighted by Gasteiger charge is 2.50. The predicted molar refractivity (Wildman–Crippen MR) is 95.8 cm³/mol. The first-order chi connectivity index (χ1) is 12.0. The van der Waals surface area contributed by atoms with Crippen LogP contribution in [0.15, 0.2) is 29.2 Å². The Kier molecular flexibility index (Phi) is 4.75. The smallest absolute Gasteiger partial charge is 0.288 e. The number of alkyl halides is 2. The van der Waals surface area contributed by atoms with Gasteiger partial charge in [-0.1, -0.05) is 11.8 Å². The molecule has 1 aromatic carbocycles. The summed E-state index contributed by atoms with van der Waals surface area (Å²) in [5.74, 6) is 0.0556. The fourth-order valence-corrected chi connectivity index (χ4v) is 6.02. The molecule has 5 rings (SSSR count). The van der Waals surface area contributed by atoms with E-state index in [4.69, 9.17) is 0 Å². The van der Waals surface area contributed by atoms with Crippen LogP contribution < -0.4 is 10.6 Å². The lowest BCUT2D eigenvalue weighted by Crippen LogP contribution is -2.59. The third-order valence-electron chi connectivity index (χ3n) is 6.03. The molecular weight excluding hydrogens is 342 g/mol. The van der Waals surface area contributed by atoms with Crippen LogP contribution in [0.4, 0.5) is 14.5 Å². The second-order valence-electron chi connectivity index (χ2n) is 8.00. The summed E-state index contributed by atoms with van der Waals surface area (Å²) < 4.78 is 24.7. The van der Waals surface area contributed by atoms with Crippen molar-refractivity contribution in [3.8, 4) is 0 Å². The molecule has 0 saturated heterocycles. The van der Waals surface area contributed by atoms with Gasteiger partial charge in [0.1, 0.15) is 0 Å². The maximum atomic E-state index is 12.3. The van der Waals surface area contributed by atoms with Gasteiger partial charge in [-0.25, -0.2) is 0 Å². The van der Waals surface area contributed by atoms with Crippen LogP contribution in [0.3, 0.4) is 0 Å². The number of benzene rings is 1. The maximum absolute atomic E-state index is 12.3. The Morgan fingerprint density at radius 3 is 2.16 bits per heavy atom. The number of halogens is 2. The van der Waals surface area contributed by atoms with Crippen molar-refractivity contribution in [2.45, 2.75) is 54.7 Å². The summed E-state index contributed by atoms with van der Waals surface area (Å²) in [5.41, 5.74) is 0.819. The summed E-state index contributed by atoms with van der Waals surface area (Å²) in [5, 5.41) is 6.43. The third-order valence-corrected chi connectivity index (χ3v) is 6.75. The van der Waals surface area contributed by atoms with Crippen LogP contribution in [-0.2, 0) is 4.79 Å². The fourth-order valence-electron chi connectivity index (χ4n) is 5.52. The van der Waals surface area contributed by atoms with Crippen molar-refractivity contribution >= 4 is 23.4 Å². The SMILES string of the molecule is O=C(CNC12CC3CC(CC(C3)C1)C2)Nc1ccc(SC(F)F)cc1. The van der Waals surface area contributed by atoms with Gasteiger partial charge in [0.25, 0.3) is 5.76 Å². The van der Waals surface area contributed by atoms with E-state index in [1.54, 1.807) is 24.3 Å². The van der Waals surface area contributed by atoms with Crippen LogP contribution in [0, 0.1) is 17.8 Å². The summed E-state index contributed by atoms with van der Waals surface area (Å²) in [7, 11) is 0. The summed E-state index contributed by atoms with van der Waals surface area (Å²) >= 11 is 0.510. The van der Waals surface area contributed by atoms with E-state index >= 15 is 0 Å². The van der Waals surface area contributed by atoms with Crippen LogP contribution in [0.2, 0.25) is 0 Å². The number of nitrogens with one attached hydrogen (secondary N) is 2. The Balaban J connectivity index is 1.29. The molecule has 1 aromatic rings. The first-order valence-electron chi connectivity index (χ1n) is 9.09. The van der Waals surface area contributed by atoms with E-state index in [1.165, 1.54) is 38.5 Å². The Bertz CT molecular complexity index is 600. The second kappa shape index (κ2) is 6.88. The lowest BCUT2D eigenvalue weighted by Gasteiger charge is -2.57. The molecule has 2 N–H and O–H groups in total. The largest absolute Gasteiger partial charge is 0.325 e. The van der Waals surface area contributed by atoms with E-state index < -0.39 is 5.76 Å². The molecule has 0 radical (unpaired) electrons. The molecule has 0 heterocycles. The minimum absolute atomic E-state index is 0.0648. The topological polar surface area (TPSA) is 41.1 Å². The first-order valence-corrected chi connectivity index (χ1v) is 9.97. The standard InChI is InChI=1S/C19H24F2N2OS/c20-18(21)25-16-3-1-15(2-4-16)23-17(24)11-22-19-8-12-5-13(9-19)7-14(6-12)10-19/h1-4,12-14,18,22H,5-11H2,(H,23,24). The molecule has 4 saturated carbocycles. The van der Waals surface area contributed by atoms with Gasteiger partial charge < -0.3 is 10.6 Å². The molecule has 4 aliphatic rings. The number of carbonyl (C=O) groups is 1. The summed E-state index contributed by atoms with van der Waals surface area (Å²) in [6.45, 7) is 0.319. The van der Waals surface area contributed by atoms with Gasteiger partial charge in [0.15, 0.2) is 0 Å². The van der Waals surface area contributed by atoms with Gasteiger partial charge in [0, 0.05) is 16.1 Å². The van der Waals surface area contributed by atoms with Gasteiger partial charge in [-0.2, -0.15) is 8.78 Å². The summed E-state index contributed by atoms with van der Waals surface area (Å²) in [4.78, 5) is 12.8. The van der Waals surface area contributed by atoms with E-state index in [-0.39, 0.29) is 11.4 Å². The average Bonchev–Trinajstić information content (AvgIpc) is 2.53. The minimum atomic E-state index is -2.43. The summed E-state index contributed by atoms with van der Waals surface area (Å²) in [6, 6.07) is 6.57. The van der Waals surface area contributed by atoms with E-state index in [0.29, 0.717) is 28.9 Å². The van der Waals surface area contributed by atoms with Crippen LogP contribution >= 0.6 is 11.8 Å². The van der Waals surface area contributed by atoms with Crippen molar-refractivity contribution in [3.63, 3.8) is 0 Å². The first kappa shape index (κ1) is 17.3. The molecule has 1 amide bonds. The van der Waals surface area contributed by atoms with Gasteiger partial charge in [-0.05, 0) is 80.5 Å². The number of thioether (sulfide) groups is 1. The van der Waals surface area contributed by atoms with Gasteiger partial charge >= 0.3 is 0 Å². The van der Waals surface area contributed by atoms with Gasteiger partial charge in [0.05, 0.1) is 6.54 Å². The van der Waals surface area contributed by atoms with Gasteiger partial charge in [0.2, 0.25) is 5.91 Å². The average molecular weight is 366 g/mol. The number of hydrogen-bond donors (Lipinski definition) is 2. The van der Waals surface area contributed by atoms with Crippen LogP contribution in [-0.4, -0.2) is 23.7 Å². The molecule has 0 atom stereocenters. The van der Waals surface area contributed by atoms with Crippen LogP contribution in [0.5, 0.6) is 0 Å². The molecule has 25 heavy (non-hydrogen) atoms. The predicted octanol–water partition coefficient (Wildman–Crippen LogP) is 4.50. The third kappa shape index (κ3) is 4.00. The monoisotopic (exact) mass is 366 g/mol. The van der Waals surface area contributed by atoms with Crippen molar-refractivity contribution in [2.75, 3.05) is 11.9 Å². The molecule has 6 heteroatoms. The molecule has 0 spiro atoms. The Labute approximate surface area is 151 Å². The Hall–Kier alpha value is -1.14. The zero-order valence-electron chi connectivity index (χ0n) is 14.1. The van der Waals surface area contributed by atoms with Crippen molar-refractivity contribution in [2.24, 2.45) is 17.8 Å². The minimum Gasteiger partial charge on any atom is -0.325 e. The van der Waals surface area contributed by atoms with Crippen LogP contribution in [0.1, 0.15) is 38.5 Å². The number of hydrogen-bond acceptors (Lipinski definition) is 3. The van der Waals surface area contributed by atoms with E-state index in [1.807, 2.05) is 0 Å². The van der Waals surface area contributed by atoms with Crippen molar-refractivity contribution in [3.05, 3.63) is 24.3 Å². The molecule has 3 nitrogen and oxygen atoms in total. The molecular formula is C19H24F2N2OS. The van der Waals surface area contributed by atoms with Crippen molar-refractivity contribution in [1.82, 2.24) is 5.32 Å². The van der Waals surface area contributed by atoms with E-state index in [9.17, 15) is 13.6 Å². The molecule has 0 unspecified atom stereocenters. The molecule has 4 aliphatic carbocycles. The number of anilines is 1. The van der Waals surface area contributed by atoms with Gasteiger partial charge in [-0.3, -0.25) is 4.79 Å². The fraction of sp³-hybridized carbons (Fsp3) is 0.632.